The molecule has 4 rings (SSSR count). The van der Waals surface area contributed by atoms with Gasteiger partial charge in [0.15, 0.2) is 11.5 Å². The minimum atomic E-state index is -0.288. The van der Waals surface area contributed by atoms with Gasteiger partial charge in [-0.25, -0.2) is 4.79 Å². The van der Waals surface area contributed by atoms with Crippen molar-refractivity contribution in [3.8, 4) is 11.5 Å². The number of aromatic nitrogens is 2. The summed E-state index contributed by atoms with van der Waals surface area (Å²) in [6.07, 6.45) is 0.137. The molecule has 2 aromatic carbocycles. The van der Waals surface area contributed by atoms with E-state index in [9.17, 15) is 9.59 Å². The minimum Gasteiger partial charge on any atom is -0.486 e. The van der Waals surface area contributed by atoms with Crippen molar-refractivity contribution in [2.45, 2.75) is 6.42 Å². The van der Waals surface area contributed by atoms with Crippen LogP contribution in [0.3, 0.4) is 0 Å². The molecule has 2 heterocycles. The molecule has 3 aromatic rings. The van der Waals surface area contributed by atoms with Crippen LogP contribution < -0.4 is 20.5 Å². The number of hydrogen-bond donors (Lipinski definition) is 3. The first kappa shape index (κ1) is 15.6. The number of carbonyl (C=O) groups is 1. The van der Waals surface area contributed by atoms with E-state index in [4.69, 9.17) is 21.1 Å². The van der Waals surface area contributed by atoms with E-state index in [2.05, 4.69) is 15.3 Å². The summed E-state index contributed by atoms with van der Waals surface area (Å²) in [5, 5.41) is 3.22. The van der Waals surface area contributed by atoms with Crippen LogP contribution in [0.4, 0.5) is 5.69 Å². The first-order chi connectivity index (χ1) is 12.1. The fourth-order valence-corrected chi connectivity index (χ4v) is 3.06. The molecule has 1 aliphatic rings. The van der Waals surface area contributed by atoms with Gasteiger partial charge in [-0.05, 0) is 35.9 Å². The molecule has 1 aliphatic heterocycles. The number of halogens is 1. The van der Waals surface area contributed by atoms with Crippen molar-refractivity contribution in [3.63, 3.8) is 0 Å². The van der Waals surface area contributed by atoms with Gasteiger partial charge in [-0.2, -0.15) is 0 Å². The lowest BCUT2D eigenvalue weighted by atomic mass is 10.1. The lowest BCUT2D eigenvalue weighted by Crippen LogP contribution is -2.17. The van der Waals surface area contributed by atoms with Crippen LogP contribution in [0.15, 0.2) is 35.1 Å². The molecule has 0 fully saturated rings. The summed E-state index contributed by atoms with van der Waals surface area (Å²) < 4.78 is 11.0. The number of imidazole rings is 1. The van der Waals surface area contributed by atoms with Gasteiger partial charge in [-0.1, -0.05) is 11.6 Å². The number of anilines is 1. The number of carbonyl (C=O) groups excluding carboxylic acids is 1. The molecule has 0 atom stereocenters. The summed E-state index contributed by atoms with van der Waals surface area (Å²) in [6.45, 7) is 0.907. The Morgan fingerprint density at radius 1 is 1.12 bits per heavy atom. The number of amides is 1. The van der Waals surface area contributed by atoms with E-state index in [-0.39, 0.29) is 18.0 Å². The van der Waals surface area contributed by atoms with Crippen molar-refractivity contribution in [2.24, 2.45) is 0 Å². The highest BCUT2D eigenvalue weighted by Crippen LogP contribution is 2.38. The van der Waals surface area contributed by atoms with E-state index in [1.54, 1.807) is 30.3 Å². The monoisotopic (exact) mass is 359 g/mol. The van der Waals surface area contributed by atoms with E-state index in [1.807, 2.05) is 0 Å². The molecular formula is C17H14ClN3O4. The molecule has 8 heteroatoms. The number of benzene rings is 2. The van der Waals surface area contributed by atoms with Crippen LogP contribution >= 0.6 is 11.6 Å². The summed E-state index contributed by atoms with van der Waals surface area (Å²) >= 11 is 6.18. The Labute approximate surface area is 146 Å². The average molecular weight is 360 g/mol. The van der Waals surface area contributed by atoms with Gasteiger partial charge in [-0.15, -0.1) is 0 Å². The second-order valence-corrected chi connectivity index (χ2v) is 6.07. The fourth-order valence-electron chi connectivity index (χ4n) is 2.77. The van der Waals surface area contributed by atoms with Crippen LogP contribution in [-0.2, 0) is 11.2 Å². The van der Waals surface area contributed by atoms with Crippen LogP contribution in [0, 0.1) is 0 Å². The van der Waals surface area contributed by atoms with E-state index in [0.717, 1.165) is 5.56 Å². The van der Waals surface area contributed by atoms with Gasteiger partial charge in [0.1, 0.15) is 13.2 Å². The maximum atomic E-state index is 12.3. The maximum Gasteiger partial charge on any atom is 0.323 e. The third-order valence-electron chi connectivity index (χ3n) is 3.82. The third kappa shape index (κ3) is 3.18. The lowest BCUT2D eigenvalue weighted by Gasteiger charge is -2.20. The van der Waals surface area contributed by atoms with Crippen LogP contribution in [0.2, 0.25) is 5.02 Å². The highest BCUT2D eigenvalue weighted by Gasteiger charge is 2.17. The average Bonchev–Trinajstić information content (AvgIpc) is 2.94. The molecule has 0 bridgehead atoms. The maximum absolute atomic E-state index is 12.3. The van der Waals surface area contributed by atoms with Gasteiger partial charge in [0.2, 0.25) is 5.91 Å². The first-order valence-electron chi connectivity index (χ1n) is 7.68. The standard InChI is InChI=1S/C17H14ClN3O4/c18-11-5-9(6-14-16(11)25-4-3-24-14)7-15(22)19-10-1-2-12-13(8-10)21-17(23)20-12/h1-2,5-6,8H,3-4,7H2,(H,19,22)(H2,20,21,23). The molecule has 0 radical (unpaired) electrons. The highest BCUT2D eigenvalue weighted by atomic mass is 35.5. The number of aromatic amines is 2. The van der Waals surface area contributed by atoms with E-state index < -0.39 is 0 Å². The second kappa shape index (κ2) is 6.18. The molecule has 128 valence electrons. The van der Waals surface area contributed by atoms with Crippen molar-refractivity contribution in [2.75, 3.05) is 18.5 Å². The Balaban J connectivity index is 1.51. The number of hydrogen-bond acceptors (Lipinski definition) is 4. The van der Waals surface area contributed by atoms with Gasteiger partial charge < -0.3 is 24.8 Å². The molecule has 7 nitrogen and oxygen atoms in total. The summed E-state index contributed by atoms with van der Waals surface area (Å²) in [6, 6.07) is 8.60. The molecule has 0 saturated heterocycles. The first-order valence-corrected chi connectivity index (χ1v) is 8.06. The molecular weight excluding hydrogens is 346 g/mol. The number of fused-ring (bicyclic) bond motifs is 2. The van der Waals surface area contributed by atoms with E-state index in [1.165, 1.54) is 0 Å². The quantitative estimate of drug-likeness (QED) is 0.669. The Kier molecular flexibility index (Phi) is 3.85. The predicted octanol–water partition coefficient (Wildman–Crippen LogP) is 2.46. The van der Waals surface area contributed by atoms with Crippen LogP contribution in [0.25, 0.3) is 11.0 Å². The smallest absolute Gasteiger partial charge is 0.323 e. The number of rotatable bonds is 3. The predicted molar refractivity (Wildman–Crippen MR) is 93.7 cm³/mol. The summed E-state index contributed by atoms with van der Waals surface area (Å²) in [4.78, 5) is 28.9. The molecule has 1 amide bonds. The van der Waals surface area contributed by atoms with Gasteiger partial charge in [0, 0.05) is 5.69 Å². The molecule has 3 N–H and O–H groups in total. The van der Waals surface area contributed by atoms with Gasteiger partial charge in [-0.3, -0.25) is 4.79 Å². The summed E-state index contributed by atoms with van der Waals surface area (Å²) in [7, 11) is 0. The second-order valence-electron chi connectivity index (χ2n) is 5.67. The molecule has 0 spiro atoms. The Morgan fingerprint density at radius 2 is 1.92 bits per heavy atom. The van der Waals surface area contributed by atoms with Crippen molar-refractivity contribution in [3.05, 3.63) is 51.4 Å². The van der Waals surface area contributed by atoms with Crippen LogP contribution in [0.1, 0.15) is 5.56 Å². The number of H-pyrrole nitrogens is 2. The lowest BCUT2D eigenvalue weighted by molar-refractivity contribution is -0.115. The van der Waals surface area contributed by atoms with Crippen molar-refractivity contribution in [1.82, 2.24) is 9.97 Å². The number of nitrogens with one attached hydrogen (secondary N) is 3. The summed E-state index contributed by atoms with van der Waals surface area (Å²) in [5.74, 6) is 0.858. The van der Waals surface area contributed by atoms with Crippen molar-refractivity contribution >= 4 is 34.2 Å². The topological polar surface area (TPSA) is 96.2 Å². The van der Waals surface area contributed by atoms with E-state index in [0.29, 0.717) is 46.5 Å². The SMILES string of the molecule is O=C(Cc1cc(Cl)c2c(c1)OCCO2)Nc1ccc2[nH]c(=O)[nH]c2c1. The largest absolute Gasteiger partial charge is 0.486 e. The van der Waals surface area contributed by atoms with Gasteiger partial charge >= 0.3 is 5.69 Å². The molecule has 0 saturated carbocycles. The van der Waals surface area contributed by atoms with Crippen molar-refractivity contribution < 1.29 is 14.3 Å². The van der Waals surface area contributed by atoms with Crippen LogP contribution in [-0.4, -0.2) is 29.1 Å². The van der Waals surface area contributed by atoms with Gasteiger partial charge in [0.05, 0.1) is 22.5 Å². The highest BCUT2D eigenvalue weighted by molar-refractivity contribution is 6.32. The zero-order valence-corrected chi connectivity index (χ0v) is 13.8. The van der Waals surface area contributed by atoms with Crippen molar-refractivity contribution in [1.29, 1.82) is 0 Å². The fraction of sp³-hybridized carbons (Fsp3) is 0.176. The van der Waals surface area contributed by atoms with Crippen LogP contribution in [0.5, 0.6) is 11.5 Å². The Bertz CT molecular complexity index is 1020. The van der Waals surface area contributed by atoms with Gasteiger partial charge in [0.25, 0.3) is 0 Å². The molecule has 0 unspecified atom stereocenters. The van der Waals surface area contributed by atoms with E-state index >= 15 is 0 Å². The Hall–Kier alpha value is -2.93. The minimum absolute atomic E-state index is 0.137. The normalized spacial score (nSPS) is 13.0. The zero-order valence-electron chi connectivity index (χ0n) is 13.0. The Morgan fingerprint density at radius 3 is 2.80 bits per heavy atom. The molecule has 1 aromatic heterocycles. The third-order valence-corrected chi connectivity index (χ3v) is 4.10. The zero-order chi connectivity index (χ0) is 17.4. The number of ether oxygens (including phenoxy) is 2. The molecule has 25 heavy (non-hydrogen) atoms. The summed E-state index contributed by atoms with van der Waals surface area (Å²) in [5.41, 5.74) is 2.34. The molecule has 0 aliphatic carbocycles.